The minimum absolute atomic E-state index is 0.0837. The number of hydrogen-bond acceptors (Lipinski definition) is 4. The van der Waals surface area contributed by atoms with Crippen LogP contribution in [0.15, 0.2) is 78.0 Å². The van der Waals surface area contributed by atoms with E-state index in [1.807, 2.05) is 37.3 Å². The van der Waals surface area contributed by atoms with E-state index in [1.165, 1.54) is 53.0 Å². The van der Waals surface area contributed by atoms with E-state index in [1.54, 1.807) is 6.92 Å². The maximum Gasteiger partial charge on any atom is 0.240 e. The van der Waals surface area contributed by atoms with Crippen molar-refractivity contribution in [3.8, 4) is 0 Å². The number of rotatable bonds is 8. The predicted octanol–water partition coefficient (Wildman–Crippen LogP) is 4.21. The molecule has 0 aliphatic heterocycles. The highest BCUT2D eigenvalue weighted by Crippen LogP contribution is 2.19. The van der Waals surface area contributed by atoms with Gasteiger partial charge in [0.15, 0.2) is 5.78 Å². The Morgan fingerprint density at radius 3 is 2.51 bits per heavy atom. The first-order chi connectivity index (χ1) is 16.8. The van der Waals surface area contributed by atoms with E-state index in [-0.39, 0.29) is 40.5 Å². The summed E-state index contributed by atoms with van der Waals surface area (Å²) in [4.78, 5) is 43.0. The minimum atomic E-state index is -0.502. The molecule has 0 saturated carbocycles. The van der Waals surface area contributed by atoms with E-state index in [9.17, 15) is 18.8 Å². The summed E-state index contributed by atoms with van der Waals surface area (Å²) in [5.74, 6) is -1.26. The van der Waals surface area contributed by atoms with Gasteiger partial charge in [-0.25, -0.2) is 4.39 Å². The monoisotopic (exact) mass is 471 g/mol. The largest absolute Gasteiger partial charge is 0.352 e. The summed E-state index contributed by atoms with van der Waals surface area (Å²) in [6, 6.07) is 15.6. The Hall–Kier alpha value is -4.13. The van der Waals surface area contributed by atoms with E-state index in [0.717, 1.165) is 12.8 Å². The fourth-order valence-corrected chi connectivity index (χ4v) is 4.05. The molecule has 4 aromatic rings. The summed E-state index contributed by atoms with van der Waals surface area (Å²) in [7, 11) is 0. The lowest BCUT2D eigenvalue weighted by Gasteiger charge is -2.17. The number of aryl methyl sites for hydroxylation is 2. The van der Waals surface area contributed by atoms with Crippen molar-refractivity contribution in [2.75, 3.05) is 0 Å². The van der Waals surface area contributed by atoms with Crippen molar-refractivity contribution < 1.29 is 14.0 Å². The van der Waals surface area contributed by atoms with Gasteiger partial charge in [-0.3, -0.25) is 19.4 Å². The molecule has 0 bridgehead atoms. The highest BCUT2D eigenvalue weighted by Gasteiger charge is 2.19. The first-order valence-electron chi connectivity index (χ1n) is 11.4. The molecule has 2 heterocycles. The molecule has 0 unspecified atom stereocenters. The topological polar surface area (TPSA) is 81.1 Å². The molecule has 2 aromatic heterocycles. The predicted molar refractivity (Wildman–Crippen MR) is 133 cm³/mol. The summed E-state index contributed by atoms with van der Waals surface area (Å²) in [5.41, 5.74) is 1.45. The van der Waals surface area contributed by atoms with E-state index in [0.29, 0.717) is 5.56 Å². The highest BCUT2D eigenvalue weighted by atomic mass is 19.1. The first kappa shape index (κ1) is 24.0. The molecule has 0 aliphatic rings. The summed E-state index contributed by atoms with van der Waals surface area (Å²) in [6.45, 7) is 3.31. The smallest absolute Gasteiger partial charge is 0.240 e. The molecule has 35 heavy (non-hydrogen) atoms. The number of halogens is 1. The second-order valence-electron chi connectivity index (χ2n) is 8.68. The summed E-state index contributed by atoms with van der Waals surface area (Å²) < 4.78 is 15.9. The molecule has 0 aliphatic carbocycles. The normalized spacial score (nSPS) is 11.9. The number of benzene rings is 2. The van der Waals surface area contributed by atoms with Crippen LogP contribution in [0.4, 0.5) is 4.39 Å². The average Bonchev–Trinajstić information content (AvgIpc) is 2.86. The number of aromatic nitrogens is 2. The molecule has 7 heteroatoms. The van der Waals surface area contributed by atoms with Crippen molar-refractivity contribution in [2.45, 2.75) is 39.3 Å². The van der Waals surface area contributed by atoms with Crippen molar-refractivity contribution in [2.24, 2.45) is 0 Å². The Morgan fingerprint density at radius 1 is 1.09 bits per heavy atom. The number of amides is 1. The maximum absolute atomic E-state index is 14.4. The summed E-state index contributed by atoms with van der Waals surface area (Å²) in [6.07, 6.45) is 5.85. The zero-order valence-corrected chi connectivity index (χ0v) is 19.6. The standard InChI is InChI=1S/C28H26FN3O3/c1-18-14-22-25(15-24(18)29)32(16-23(28(22)35)27(34)21-10-12-30-13-11-21)17-26(33)31-19(2)8-9-20-6-4-3-5-7-20/h3-7,10-16,19H,8-9,17H2,1-2H3,(H,31,33)/t19-/m0/s1. The Morgan fingerprint density at radius 2 is 1.80 bits per heavy atom. The number of fused-ring (bicyclic) bond motifs is 1. The zero-order chi connectivity index (χ0) is 24.9. The van der Waals surface area contributed by atoms with Gasteiger partial charge in [-0.2, -0.15) is 0 Å². The third-order valence-electron chi connectivity index (χ3n) is 5.98. The molecule has 1 atom stereocenters. The number of pyridine rings is 2. The van der Waals surface area contributed by atoms with Crippen molar-refractivity contribution >= 4 is 22.6 Å². The quantitative estimate of drug-likeness (QED) is 0.391. The third-order valence-corrected chi connectivity index (χ3v) is 5.98. The van der Waals surface area contributed by atoms with Crippen molar-refractivity contribution in [3.63, 3.8) is 0 Å². The first-order valence-corrected chi connectivity index (χ1v) is 11.4. The van der Waals surface area contributed by atoms with E-state index in [2.05, 4.69) is 10.3 Å². The second-order valence-corrected chi connectivity index (χ2v) is 8.68. The molecule has 4 rings (SSSR count). The van der Waals surface area contributed by atoms with Gasteiger partial charge < -0.3 is 9.88 Å². The number of nitrogens with zero attached hydrogens (tertiary/aromatic N) is 2. The van der Waals surface area contributed by atoms with Crippen LogP contribution >= 0.6 is 0 Å². The number of carbonyl (C=O) groups excluding carboxylic acids is 2. The number of ketones is 1. The van der Waals surface area contributed by atoms with Gasteiger partial charge in [0.25, 0.3) is 0 Å². The van der Waals surface area contributed by atoms with Crippen LogP contribution < -0.4 is 10.7 Å². The lowest BCUT2D eigenvalue weighted by molar-refractivity contribution is -0.122. The van der Waals surface area contributed by atoms with Gasteiger partial charge in [0, 0.05) is 35.6 Å². The third kappa shape index (κ3) is 5.51. The van der Waals surface area contributed by atoms with E-state index in [4.69, 9.17) is 0 Å². The zero-order valence-electron chi connectivity index (χ0n) is 19.6. The van der Waals surface area contributed by atoms with Gasteiger partial charge in [-0.1, -0.05) is 30.3 Å². The fourth-order valence-electron chi connectivity index (χ4n) is 4.05. The molecule has 178 valence electrons. The second kappa shape index (κ2) is 10.4. The van der Waals surface area contributed by atoms with Gasteiger partial charge in [0.05, 0.1) is 11.1 Å². The van der Waals surface area contributed by atoms with Crippen LogP contribution in [0.1, 0.15) is 40.4 Å². The summed E-state index contributed by atoms with van der Waals surface area (Å²) in [5, 5.41) is 3.15. The van der Waals surface area contributed by atoms with Gasteiger partial charge >= 0.3 is 0 Å². The van der Waals surface area contributed by atoms with Crippen LogP contribution in [-0.2, 0) is 17.8 Å². The molecule has 1 N–H and O–H groups in total. The Labute approximate surface area is 202 Å². The fraction of sp³-hybridized carbons (Fsp3) is 0.214. The van der Waals surface area contributed by atoms with Crippen LogP contribution in [-0.4, -0.2) is 27.3 Å². The van der Waals surface area contributed by atoms with Crippen molar-refractivity contribution in [1.29, 1.82) is 0 Å². The molecule has 0 saturated heterocycles. The summed E-state index contributed by atoms with van der Waals surface area (Å²) >= 11 is 0. The Kier molecular flexibility index (Phi) is 7.15. The lowest BCUT2D eigenvalue weighted by atomic mass is 10.0. The number of hydrogen-bond donors (Lipinski definition) is 1. The molecular weight excluding hydrogens is 445 g/mol. The maximum atomic E-state index is 14.4. The Bertz CT molecular complexity index is 1430. The van der Waals surface area contributed by atoms with Crippen molar-refractivity contribution in [3.05, 3.63) is 111 Å². The number of carbonyl (C=O) groups is 2. The Balaban J connectivity index is 1.62. The molecule has 0 fully saturated rings. The molecule has 0 spiro atoms. The van der Waals surface area contributed by atoms with Gasteiger partial charge in [0.1, 0.15) is 12.4 Å². The molecule has 6 nitrogen and oxygen atoms in total. The SMILES string of the molecule is Cc1cc2c(=O)c(C(=O)c3ccncc3)cn(CC(=O)N[C@@H](C)CCc3ccccc3)c2cc1F. The molecular formula is C28H26FN3O3. The lowest BCUT2D eigenvalue weighted by Crippen LogP contribution is -2.36. The average molecular weight is 472 g/mol. The van der Waals surface area contributed by atoms with Crippen LogP contribution in [0.25, 0.3) is 10.9 Å². The van der Waals surface area contributed by atoms with Crippen molar-refractivity contribution in [1.82, 2.24) is 14.9 Å². The van der Waals surface area contributed by atoms with Crippen LogP contribution in [0.3, 0.4) is 0 Å². The van der Waals surface area contributed by atoms with Crippen LogP contribution in [0.5, 0.6) is 0 Å². The minimum Gasteiger partial charge on any atom is -0.352 e. The van der Waals surface area contributed by atoms with Crippen LogP contribution in [0, 0.1) is 12.7 Å². The van der Waals surface area contributed by atoms with Gasteiger partial charge in [0.2, 0.25) is 11.3 Å². The molecule has 2 aromatic carbocycles. The van der Waals surface area contributed by atoms with Gasteiger partial charge in [-0.05, 0) is 62.1 Å². The number of nitrogens with one attached hydrogen (secondary N) is 1. The van der Waals surface area contributed by atoms with E-state index < -0.39 is 17.0 Å². The van der Waals surface area contributed by atoms with Crippen LogP contribution in [0.2, 0.25) is 0 Å². The van der Waals surface area contributed by atoms with E-state index >= 15 is 0 Å². The molecule has 0 radical (unpaired) electrons. The van der Waals surface area contributed by atoms with Gasteiger partial charge in [-0.15, -0.1) is 0 Å². The molecule has 1 amide bonds. The highest BCUT2D eigenvalue weighted by molar-refractivity contribution is 6.10.